The number of carbonyl (C=O) groups is 1. The van der Waals surface area contributed by atoms with E-state index in [1.165, 1.54) is 31.9 Å². The Kier molecular flexibility index (Phi) is 10.2. The van der Waals surface area contributed by atoms with Gasteiger partial charge in [0.1, 0.15) is 0 Å². The van der Waals surface area contributed by atoms with Crippen LogP contribution in [0.4, 0.5) is 0 Å². The molecule has 0 fully saturated rings. The van der Waals surface area contributed by atoms with Crippen molar-refractivity contribution in [1.82, 2.24) is 4.90 Å². The Morgan fingerprint density at radius 3 is 2.21 bits per heavy atom. The van der Waals surface area contributed by atoms with Gasteiger partial charge in [-0.1, -0.05) is 58.2 Å². The fourth-order valence-electron chi connectivity index (χ4n) is 3.68. The Hall–Kier alpha value is -2.54. The van der Waals surface area contributed by atoms with E-state index >= 15 is 0 Å². The summed E-state index contributed by atoms with van der Waals surface area (Å²) in [6.45, 7) is 7.23. The molecule has 2 aromatic rings. The van der Waals surface area contributed by atoms with Crippen LogP contribution in [0.1, 0.15) is 67.9 Å². The first-order valence-electron chi connectivity index (χ1n) is 11.6. The molecule has 0 atom stereocenters. The number of amides is 1. The second-order valence-corrected chi connectivity index (χ2v) is 10.4. The van der Waals surface area contributed by atoms with Gasteiger partial charge in [0.2, 0.25) is 0 Å². The second kappa shape index (κ2) is 12.6. The molecule has 0 N–H and O–H groups in total. The highest BCUT2D eigenvalue weighted by molar-refractivity contribution is 7.86. The quantitative estimate of drug-likeness (QED) is 0.284. The lowest BCUT2D eigenvalue weighted by molar-refractivity contribution is 0.0722. The lowest BCUT2D eigenvalue weighted by Crippen LogP contribution is -2.33. The first kappa shape index (κ1) is 26.7. The predicted molar refractivity (Wildman–Crippen MR) is 132 cm³/mol. The normalized spacial score (nSPS) is 11.5. The number of aryl methyl sites for hydroxylation is 1. The Labute approximate surface area is 199 Å². The van der Waals surface area contributed by atoms with E-state index < -0.39 is 10.1 Å². The first-order valence-corrected chi connectivity index (χ1v) is 13.4. The van der Waals surface area contributed by atoms with Gasteiger partial charge in [0.25, 0.3) is 5.91 Å². The summed E-state index contributed by atoms with van der Waals surface area (Å²) in [6, 6.07) is 13.0. The van der Waals surface area contributed by atoms with Crippen LogP contribution in [-0.4, -0.2) is 39.1 Å². The molecule has 0 aliphatic carbocycles. The highest BCUT2D eigenvalue weighted by Gasteiger charge is 2.19. The monoisotopic (exact) mass is 475 g/mol. The Balaban J connectivity index is 2.19. The minimum atomic E-state index is -3.71. The van der Waals surface area contributed by atoms with Crippen LogP contribution in [0.3, 0.4) is 0 Å². The lowest BCUT2D eigenvalue weighted by Gasteiger charge is -2.25. The molecule has 0 bridgehead atoms. The first-order chi connectivity index (χ1) is 15.6. The third kappa shape index (κ3) is 9.08. The molecule has 0 radical (unpaired) electrons. The van der Waals surface area contributed by atoms with E-state index in [0.29, 0.717) is 24.4 Å². The molecule has 2 rings (SSSR count). The van der Waals surface area contributed by atoms with Crippen LogP contribution in [0.5, 0.6) is 11.5 Å². The van der Waals surface area contributed by atoms with Crippen LogP contribution in [0.15, 0.2) is 42.5 Å². The van der Waals surface area contributed by atoms with Gasteiger partial charge in [0.15, 0.2) is 11.5 Å². The van der Waals surface area contributed by atoms with E-state index in [2.05, 4.69) is 20.8 Å². The number of unbranched alkanes of at least 4 members (excludes halogenated alkanes) is 3. The molecule has 0 aromatic heterocycles. The van der Waals surface area contributed by atoms with Crippen LogP contribution < -0.4 is 8.92 Å². The lowest BCUT2D eigenvalue weighted by atomic mass is 10.0. The van der Waals surface area contributed by atoms with Gasteiger partial charge in [-0.2, -0.15) is 8.42 Å². The Bertz CT molecular complexity index is 1000. The molecule has 0 unspecified atom stereocenters. The van der Waals surface area contributed by atoms with Gasteiger partial charge >= 0.3 is 10.1 Å². The molecule has 6 nitrogen and oxygen atoms in total. The minimum absolute atomic E-state index is 0.0531. The van der Waals surface area contributed by atoms with Crippen molar-refractivity contribution in [3.63, 3.8) is 0 Å². The molecule has 0 saturated carbocycles. The smallest absolute Gasteiger partial charge is 0.306 e. The molecular formula is C26H37NO5S. The summed E-state index contributed by atoms with van der Waals surface area (Å²) < 4.78 is 33.5. The third-order valence-corrected chi connectivity index (χ3v) is 5.72. The average Bonchev–Trinajstić information content (AvgIpc) is 2.75. The van der Waals surface area contributed by atoms with Crippen molar-refractivity contribution >= 4 is 16.0 Å². The van der Waals surface area contributed by atoms with E-state index in [1.54, 1.807) is 17.0 Å². The zero-order valence-electron chi connectivity index (χ0n) is 20.5. The highest BCUT2D eigenvalue weighted by Crippen LogP contribution is 2.30. The van der Waals surface area contributed by atoms with Crippen molar-refractivity contribution in [2.75, 3.05) is 19.9 Å². The maximum Gasteiger partial charge on any atom is 0.306 e. The number of methoxy groups -OCH3 is 1. The fourth-order valence-corrected chi connectivity index (χ4v) is 4.14. The molecule has 182 valence electrons. The van der Waals surface area contributed by atoms with Crippen LogP contribution in [0.2, 0.25) is 0 Å². The van der Waals surface area contributed by atoms with Gasteiger partial charge < -0.3 is 13.8 Å². The molecule has 1 amide bonds. The van der Waals surface area contributed by atoms with Crippen molar-refractivity contribution in [1.29, 1.82) is 0 Å². The van der Waals surface area contributed by atoms with Crippen LogP contribution in [0, 0.1) is 5.92 Å². The third-order valence-electron chi connectivity index (χ3n) is 5.24. The number of ether oxygens (including phenoxy) is 1. The maximum atomic E-state index is 13.3. The van der Waals surface area contributed by atoms with Crippen LogP contribution in [-0.2, 0) is 23.1 Å². The molecule has 0 aliphatic heterocycles. The number of benzene rings is 2. The van der Waals surface area contributed by atoms with E-state index in [1.807, 2.05) is 30.3 Å². The van der Waals surface area contributed by atoms with Gasteiger partial charge in [-0.25, -0.2) is 0 Å². The van der Waals surface area contributed by atoms with Gasteiger partial charge in [0, 0.05) is 18.7 Å². The Morgan fingerprint density at radius 2 is 1.64 bits per heavy atom. The van der Waals surface area contributed by atoms with Crippen LogP contribution in [0.25, 0.3) is 0 Å². The zero-order chi connectivity index (χ0) is 24.4. The molecule has 2 aromatic carbocycles. The number of carbonyl (C=O) groups excluding carboxylic acids is 1. The summed E-state index contributed by atoms with van der Waals surface area (Å²) in [5.74, 6) is 0.654. The summed E-state index contributed by atoms with van der Waals surface area (Å²) in [5.41, 5.74) is 2.65. The second-order valence-electron chi connectivity index (χ2n) is 8.86. The van der Waals surface area contributed by atoms with Crippen molar-refractivity contribution < 1.29 is 22.1 Å². The standard InChI is InChI=1S/C26H37NO5S/c1-6-7-8-9-10-21-11-14-23(15-12-21)26(28)27(18-20(2)3)19-22-13-16-24(31-4)25(17-22)32-33(5,29)30/h11-17,20H,6-10,18-19H2,1-5H3. The Morgan fingerprint density at radius 1 is 0.970 bits per heavy atom. The topological polar surface area (TPSA) is 72.9 Å². The van der Waals surface area contributed by atoms with Gasteiger partial charge in [-0.3, -0.25) is 4.79 Å². The molecular weight excluding hydrogens is 438 g/mol. The summed E-state index contributed by atoms with van der Waals surface area (Å²) in [7, 11) is -2.26. The van der Waals surface area contributed by atoms with Crippen LogP contribution >= 0.6 is 0 Å². The summed E-state index contributed by atoms with van der Waals surface area (Å²) in [4.78, 5) is 15.1. The van der Waals surface area contributed by atoms with Gasteiger partial charge in [0.05, 0.1) is 13.4 Å². The van der Waals surface area contributed by atoms with Crippen molar-refractivity contribution in [3.05, 3.63) is 59.2 Å². The highest BCUT2D eigenvalue weighted by atomic mass is 32.2. The molecule has 7 heteroatoms. The van der Waals surface area contributed by atoms with E-state index in [-0.39, 0.29) is 17.6 Å². The predicted octanol–water partition coefficient (Wildman–Crippen LogP) is 5.45. The van der Waals surface area contributed by atoms with Crippen molar-refractivity contribution in [2.45, 2.75) is 59.4 Å². The zero-order valence-corrected chi connectivity index (χ0v) is 21.3. The molecule has 0 heterocycles. The summed E-state index contributed by atoms with van der Waals surface area (Å²) in [5, 5.41) is 0. The molecule has 0 saturated heterocycles. The number of hydrogen-bond acceptors (Lipinski definition) is 5. The molecule has 33 heavy (non-hydrogen) atoms. The molecule has 0 aliphatic rings. The summed E-state index contributed by atoms with van der Waals surface area (Å²) >= 11 is 0. The largest absolute Gasteiger partial charge is 0.493 e. The number of rotatable bonds is 13. The number of hydrogen-bond donors (Lipinski definition) is 0. The van der Waals surface area contributed by atoms with Crippen molar-refractivity contribution in [3.8, 4) is 11.5 Å². The van der Waals surface area contributed by atoms with E-state index in [9.17, 15) is 13.2 Å². The fraction of sp³-hybridized carbons (Fsp3) is 0.500. The maximum absolute atomic E-state index is 13.3. The van der Waals surface area contributed by atoms with E-state index in [0.717, 1.165) is 24.7 Å². The minimum Gasteiger partial charge on any atom is -0.493 e. The van der Waals surface area contributed by atoms with E-state index in [4.69, 9.17) is 8.92 Å². The van der Waals surface area contributed by atoms with Gasteiger partial charge in [-0.15, -0.1) is 0 Å². The van der Waals surface area contributed by atoms with Gasteiger partial charge in [-0.05, 0) is 54.2 Å². The number of nitrogens with zero attached hydrogens (tertiary/aromatic N) is 1. The SMILES string of the molecule is CCCCCCc1ccc(C(=O)N(Cc2ccc(OC)c(OS(C)(=O)=O)c2)CC(C)C)cc1. The summed E-state index contributed by atoms with van der Waals surface area (Å²) in [6.07, 6.45) is 6.88. The average molecular weight is 476 g/mol. The van der Waals surface area contributed by atoms with Crippen molar-refractivity contribution in [2.24, 2.45) is 5.92 Å². The molecule has 0 spiro atoms.